The van der Waals surface area contributed by atoms with E-state index < -0.39 is 0 Å². The Balaban J connectivity index is 1.85. The second-order valence-corrected chi connectivity index (χ2v) is 4.19. The first-order chi connectivity index (χ1) is 10.3. The van der Waals surface area contributed by atoms with Gasteiger partial charge in [0.1, 0.15) is 0 Å². The fourth-order valence-corrected chi connectivity index (χ4v) is 1.84. The molecule has 8 heteroatoms. The Labute approximate surface area is 121 Å². The van der Waals surface area contributed by atoms with E-state index in [1.165, 1.54) is 7.11 Å². The van der Waals surface area contributed by atoms with Crippen LogP contribution in [0.4, 0.5) is 17.6 Å². The Morgan fingerprint density at radius 3 is 2.76 bits per heavy atom. The number of ether oxygens (including phenoxy) is 3. The highest BCUT2D eigenvalue weighted by molar-refractivity contribution is 5.60. The molecule has 2 N–H and O–H groups in total. The lowest BCUT2D eigenvalue weighted by Gasteiger charge is -2.09. The Morgan fingerprint density at radius 2 is 1.95 bits per heavy atom. The van der Waals surface area contributed by atoms with Crippen LogP contribution in [0.1, 0.15) is 6.92 Å². The number of rotatable bonds is 5. The van der Waals surface area contributed by atoms with Crippen LogP contribution < -0.4 is 24.8 Å². The van der Waals surface area contributed by atoms with Gasteiger partial charge in [-0.3, -0.25) is 0 Å². The summed E-state index contributed by atoms with van der Waals surface area (Å²) < 4.78 is 15.7. The topological polar surface area (TPSA) is 90.4 Å². The molecule has 21 heavy (non-hydrogen) atoms. The molecule has 0 unspecified atom stereocenters. The van der Waals surface area contributed by atoms with E-state index in [0.717, 1.165) is 11.4 Å². The van der Waals surface area contributed by atoms with Crippen molar-refractivity contribution in [2.24, 2.45) is 0 Å². The number of benzene rings is 1. The molecule has 0 bridgehead atoms. The first kappa shape index (κ1) is 13.2. The predicted octanol–water partition coefficient (Wildman–Crippen LogP) is 1.78. The molecular weight excluding hydrogens is 274 g/mol. The number of hydrogen-bond donors (Lipinski definition) is 2. The highest BCUT2D eigenvalue weighted by Crippen LogP contribution is 2.34. The molecule has 2 aromatic rings. The number of methoxy groups -OCH3 is 1. The van der Waals surface area contributed by atoms with Crippen LogP contribution in [-0.2, 0) is 0 Å². The maximum absolute atomic E-state index is 5.33. The highest BCUT2D eigenvalue weighted by Gasteiger charge is 2.14. The van der Waals surface area contributed by atoms with Crippen LogP contribution in [0.5, 0.6) is 17.5 Å². The van der Waals surface area contributed by atoms with Crippen LogP contribution in [0.15, 0.2) is 18.2 Å². The van der Waals surface area contributed by atoms with Gasteiger partial charge in [-0.1, -0.05) is 0 Å². The maximum Gasteiger partial charge on any atom is 0.322 e. The quantitative estimate of drug-likeness (QED) is 0.861. The molecule has 0 aliphatic carbocycles. The van der Waals surface area contributed by atoms with E-state index in [4.69, 9.17) is 14.2 Å². The van der Waals surface area contributed by atoms with E-state index in [0.29, 0.717) is 24.2 Å². The maximum atomic E-state index is 5.33. The van der Waals surface area contributed by atoms with E-state index in [1.807, 2.05) is 25.1 Å². The third-order valence-electron chi connectivity index (χ3n) is 2.76. The van der Waals surface area contributed by atoms with Crippen molar-refractivity contribution in [3.63, 3.8) is 0 Å². The molecule has 1 aliphatic rings. The van der Waals surface area contributed by atoms with Crippen LogP contribution in [0.3, 0.4) is 0 Å². The lowest BCUT2D eigenvalue weighted by molar-refractivity contribution is 0.174. The van der Waals surface area contributed by atoms with Crippen molar-refractivity contribution in [1.29, 1.82) is 0 Å². The molecule has 0 fully saturated rings. The predicted molar refractivity (Wildman–Crippen MR) is 76.4 cm³/mol. The van der Waals surface area contributed by atoms with Gasteiger partial charge in [-0.05, 0) is 19.1 Å². The Kier molecular flexibility index (Phi) is 3.59. The summed E-state index contributed by atoms with van der Waals surface area (Å²) in [5.74, 6) is 2.25. The summed E-state index contributed by atoms with van der Waals surface area (Å²) >= 11 is 0. The molecule has 1 aliphatic heterocycles. The van der Waals surface area contributed by atoms with Gasteiger partial charge in [0.05, 0.1) is 7.11 Å². The van der Waals surface area contributed by atoms with Gasteiger partial charge in [-0.15, -0.1) is 0 Å². The molecule has 3 rings (SSSR count). The van der Waals surface area contributed by atoms with Crippen LogP contribution in [0, 0.1) is 0 Å². The minimum absolute atomic E-state index is 0.239. The molecule has 110 valence electrons. The van der Waals surface area contributed by atoms with Crippen molar-refractivity contribution in [3.8, 4) is 17.5 Å². The number of hydrogen-bond acceptors (Lipinski definition) is 8. The summed E-state index contributed by atoms with van der Waals surface area (Å²) in [6.45, 7) is 2.90. The number of fused-ring (bicyclic) bond motifs is 1. The zero-order chi connectivity index (χ0) is 14.7. The smallest absolute Gasteiger partial charge is 0.322 e. The van der Waals surface area contributed by atoms with Crippen LogP contribution in [0.2, 0.25) is 0 Å². The van der Waals surface area contributed by atoms with E-state index in [-0.39, 0.29) is 12.8 Å². The summed E-state index contributed by atoms with van der Waals surface area (Å²) in [6, 6.07) is 5.75. The van der Waals surface area contributed by atoms with Gasteiger partial charge in [0.15, 0.2) is 11.5 Å². The van der Waals surface area contributed by atoms with Gasteiger partial charge in [0.25, 0.3) is 0 Å². The fourth-order valence-electron chi connectivity index (χ4n) is 1.84. The first-order valence-corrected chi connectivity index (χ1v) is 6.49. The number of anilines is 3. The average molecular weight is 289 g/mol. The third kappa shape index (κ3) is 2.88. The third-order valence-corrected chi connectivity index (χ3v) is 2.76. The average Bonchev–Trinajstić information content (AvgIpc) is 2.95. The van der Waals surface area contributed by atoms with Crippen molar-refractivity contribution in [1.82, 2.24) is 15.0 Å². The lowest BCUT2D eigenvalue weighted by atomic mass is 10.3. The minimum Gasteiger partial charge on any atom is -0.467 e. The Hall–Kier alpha value is -2.77. The van der Waals surface area contributed by atoms with E-state index >= 15 is 0 Å². The highest BCUT2D eigenvalue weighted by atomic mass is 16.7. The lowest BCUT2D eigenvalue weighted by Crippen LogP contribution is -2.07. The standard InChI is InChI=1S/C13H15N5O3/c1-3-14-11-16-12(18-13(17-11)19-2)15-8-4-5-9-10(6-8)21-7-20-9/h4-6H,3,7H2,1-2H3,(H2,14,15,16,17,18). The molecule has 2 heterocycles. The second-order valence-electron chi connectivity index (χ2n) is 4.19. The first-order valence-electron chi connectivity index (χ1n) is 6.49. The number of aromatic nitrogens is 3. The zero-order valence-electron chi connectivity index (χ0n) is 11.7. The van der Waals surface area contributed by atoms with Crippen molar-refractivity contribution >= 4 is 17.6 Å². The van der Waals surface area contributed by atoms with Crippen molar-refractivity contribution < 1.29 is 14.2 Å². The van der Waals surface area contributed by atoms with Gasteiger partial charge >= 0.3 is 6.01 Å². The summed E-state index contributed by atoms with van der Waals surface area (Å²) in [4.78, 5) is 12.5. The van der Waals surface area contributed by atoms with Crippen molar-refractivity contribution in [3.05, 3.63) is 18.2 Å². The van der Waals surface area contributed by atoms with Gasteiger partial charge in [-0.25, -0.2) is 0 Å². The number of nitrogens with zero attached hydrogens (tertiary/aromatic N) is 3. The summed E-state index contributed by atoms with van der Waals surface area (Å²) in [7, 11) is 1.51. The summed E-state index contributed by atoms with van der Waals surface area (Å²) in [5, 5.41) is 6.11. The van der Waals surface area contributed by atoms with E-state index in [2.05, 4.69) is 25.6 Å². The van der Waals surface area contributed by atoms with Gasteiger partial charge in [-0.2, -0.15) is 15.0 Å². The van der Waals surface area contributed by atoms with Crippen molar-refractivity contribution in [2.45, 2.75) is 6.92 Å². The van der Waals surface area contributed by atoms with Crippen LogP contribution in [0.25, 0.3) is 0 Å². The SMILES string of the molecule is CCNc1nc(Nc2ccc3c(c2)OCO3)nc(OC)n1. The molecule has 0 amide bonds. The van der Waals surface area contributed by atoms with Crippen LogP contribution >= 0.6 is 0 Å². The normalized spacial score (nSPS) is 12.1. The molecule has 1 aromatic heterocycles. The van der Waals surface area contributed by atoms with Crippen molar-refractivity contribution in [2.75, 3.05) is 31.1 Å². The fraction of sp³-hybridized carbons (Fsp3) is 0.308. The largest absolute Gasteiger partial charge is 0.467 e. The van der Waals surface area contributed by atoms with E-state index in [9.17, 15) is 0 Å². The monoisotopic (exact) mass is 289 g/mol. The molecule has 0 atom stereocenters. The number of nitrogens with one attached hydrogen (secondary N) is 2. The summed E-state index contributed by atoms with van der Waals surface area (Å²) in [5.41, 5.74) is 0.787. The molecule has 8 nitrogen and oxygen atoms in total. The molecule has 0 spiro atoms. The second kappa shape index (κ2) is 5.70. The van der Waals surface area contributed by atoms with Crippen LogP contribution in [-0.4, -0.2) is 35.4 Å². The molecule has 0 radical (unpaired) electrons. The van der Waals surface area contributed by atoms with E-state index in [1.54, 1.807) is 0 Å². The minimum atomic E-state index is 0.239. The zero-order valence-corrected chi connectivity index (χ0v) is 11.7. The molecule has 0 saturated heterocycles. The van der Waals surface area contributed by atoms with Gasteiger partial charge in [0, 0.05) is 18.3 Å². The molecular formula is C13H15N5O3. The Morgan fingerprint density at radius 1 is 1.14 bits per heavy atom. The Bertz CT molecular complexity index is 650. The summed E-state index contributed by atoms with van der Waals surface area (Å²) in [6.07, 6.45) is 0. The molecule has 1 aromatic carbocycles. The van der Waals surface area contributed by atoms with Gasteiger partial charge < -0.3 is 24.8 Å². The molecule has 0 saturated carbocycles. The van der Waals surface area contributed by atoms with Gasteiger partial charge in [0.2, 0.25) is 18.7 Å².